The fraction of sp³-hybridized carbons (Fsp3) is 0.526. The molecule has 7 heteroatoms. The van der Waals surface area contributed by atoms with E-state index in [1.165, 1.54) is 12.1 Å². The largest absolute Gasteiger partial charge is 0.351 e. The monoisotopic (exact) mass is 379 g/mol. The molecule has 0 saturated carbocycles. The number of likely N-dealkylation sites (N-methyl/N-ethyl adjacent to an activating group) is 1. The molecule has 1 aliphatic rings. The summed E-state index contributed by atoms with van der Waals surface area (Å²) in [5.41, 5.74) is 1.48. The maximum atomic E-state index is 12.7. The van der Waals surface area contributed by atoms with Crippen LogP contribution in [-0.2, 0) is 10.0 Å². The van der Waals surface area contributed by atoms with Crippen LogP contribution in [-0.4, -0.2) is 52.5 Å². The van der Waals surface area contributed by atoms with Crippen LogP contribution in [0.4, 0.5) is 0 Å². The summed E-state index contributed by atoms with van der Waals surface area (Å²) >= 11 is 0. The summed E-state index contributed by atoms with van der Waals surface area (Å²) in [5, 5.41) is 2.80. The van der Waals surface area contributed by atoms with Gasteiger partial charge in [0, 0.05) is 24.7 Å². The zero-order chi connectivity index (χ0) is 19.2. The summed E-state index contributed by atoms with van der Waals surface area (Å²) in [7, 11) is 0.171. The highest BCUT2D eigenvalue weighted by Crippen LogP contribution is 2.21. The van der Waals surface area contributed by atoms with Crippen LogP contribution in [0.5, 0.6) is 0 Å². The normalized spacial score (nSPS) is 16.2. The van der Waals surface area contributed by atoms with Gasteiger partial charge < -0.3 is 10.2 Å². The van der Waals surface area contributed by atoms with Crippen LogP contribution in [0.3, 0.4) is 0 Å². The summed E-state index contributed by atoms with van der Waals surface area (Å²) in [6, 6.07) is 5.92. The van der Waals surface area contributed by atoms with Crippen LogP contribution < -0.4 is 10.0 Å². The summed E-state index contributed by atoms with van der Waals surface area (Å²) in [4.78, 5) is 14.3. The Bertz CT molecular complexity index is 757. The molecule has 0 fully saturated rings. The molecule has 26 heavy (non-hydrogen) atoms. The van der Waals surface area contributed by atoms with Crippen LogP contribution >= 0.6 is 0 Å². The second-order valence-electron chi connectivity index (χ2n) is 6.95. The van der Waals surface area contributed by atoms with Crippen molar-refractivity contribution in [3.05, 3.63) is 41.5 Å². The van der Waals surface area contributed by atoms with Gasteiger partial charge in [-0.15, -0.1) is 0 Å². The summed E-state index contributed by atoms with van der Waals surface area (Å²) in [6.45, 7) is 3.09. The Hall–Kier alpha value is -1.70. The molecule has 1 aliphatic carbocycles. The number of allylic oxidation sites excluding steroid dienone is 1. The van der Waals surface area contributed by atoms with E-state index < -0.39 is 10.0 Å². The Morgan fingerprint density at radius 3 is 2.69 bits per heavy atom. The molecule has 0 spiro atoms. The van der Waals surface area contributed by atoms with Gasteiger partial charge in [0.2, 0.25) is 10.0 Å². The van der Waals surface area contributed by atoms with Crippen LogP contribution in [0.2, 0.25) is 0 Å². The van der Waals surface area contributed by atoms with Crippen molar-refractivity contribution in [1.29, 1.82) is 0 Å². The molecule has 2 rings (SSSR count). The fourth-order valence-corrected chi connectivity index (χ4v) is 4.23. The molecule has 0 radical (unpaired) electrons. The molecular formula is C19H29N3O3S. The third-order valence-electron chi connectivity index (χ3n) is 4.47. The van der Waals surface area contributed by atoms with Crippen molar-refractivity contribution in [3.63, 3.8) is 0 Å². The quantitative estimate of drug-likeness (QED) is 0.679. The summed E-state index contributed by atoms with van der Waals surface area (Å²) in [6.07, 6.45) is 6.32. The van der Waals surface area contributed by atoms with Gasteiger partial charge >= 0.3 is 0 Å². The molecule has 6 nitrogen and oxygen atoms in total. The number of benzene rings is 1. The summed E-state index contributed by atoms with van der Waals surface area (Å²) in [5.74, 6) is -0.271. The Morgan fingerprint density at radius 1 is 1.27 bits per heavy atom. The van der Waals surface area contributed by atoms with E-state index in [2.05, 4.69) is 16.1 Å². The number of carbonyl (C=O) groups is 1. The van der Waals surface area contributed by atoms with Gasteiger partial charge in [-0.05, 0) is 64.9 Å². The average Bonchev–Trinajstić information content (AvgIpc) is 2.62. The smallest absolute Gasteiger partial charge is 0.251 e. The predicted octanol–water partition coefficient (Wildman–Crippen LogP) is 2.15. The lowest BCUT2D eigenvalue weighted by Crippen LogP contribution is -2.35. The number of amides is 1. The molecule has 1 atom stereocenters. The van der Waals surface area contributed by atoms with Crippen LogP contribution in [0.15, 0.2) is 40.8 Å². The number of hydrogen-bond acceptors (Lipinski definition) is 4. The van der Waals surface area contributed by atoms with Gasteiger partial charge in [0.25, 0.3) is 5.91 Å². The van der Waals surface area contributed by atoms with E-state index in [1.54, 1.807) is 12.1 Å². The second-order valence-corrected chi connectivity index (χ2v) is 8.67. The van der Waals surface area contributed by atoms with Gasteiger partial charge in [0.05, 0.1) is 4.90 Å². The number of hydrogen-bond donors (Lipinski definition) is 2. The van der Waals surface area contributed by atoms with Gasteiger partial charge in [0.1, 0.15) is 0 Å². The highest BCUT2D eigenvalue weighted by atomic mass is 32.2. The first-order valence-electron chi connectivity index (χ1n) is 9.04. The first-order chi connectivity index (χ1) is 12.3. The minimum absolute atomic E-state index is 0.112. The lowest BCUT2D eigenvalue weighted by Gasteiger charge is -2.21. The SMILES string of the molecule is CC(NS(=O)(=O)c1cccc(C(=O)NCCN(C)C)c1)C1=CCCCC1. The molecule has 0 aromatic heterocycles. The number of rotatable bonds is 8. The van der Waals surface area contributed by atoms with Gasteiger partial charge in [-0.2, -0.15) is 0 Å². The number of sulfonamides is 1. The van der Waals surface area contributed by atoms with E-state index in [-0.39, 0.29) is 16.8 Å². The predicted molar refractivity (Wildman–Crippen MR) is 104 cm³/mol. The number of nitrogens with one attached hydrogen (secondary N) is 2. The first kappa shape index (κ1) is 20.6. The van der Waals surface area contributed by atoms with Gasteiger partial charge in [-0.3, -0.25) is 4.79 Å². The van der Waals surface area contributed by atoms with E-state index in [0.717, 1.165) is 37.8 Å². The van der Waals surface area contributed by atoms with Gasteiger partial charge in [0.15, 0.2) is 0 Å². The summed E-state index contributed by atoms with van der Waals surface area (Å²) < 4.78 is 28.1. The van der Waals surface area contributed by atoms with E-state index in [4.69, 9.17) is 0 Å². The molecule has 2 N–H and O–H groups in total. The Kier molecular flexibility index (Phi) is 7.37. The molecule has 0 heterocycles. The molecular weight excluding hydrogens is 350 g/mol. The zero-order valence-corrected chi connectivity index (χ0v) is 16.6. The van der Waals surface area contributed by atoms with Crippen molar-refractivity contribution in [2.75, 3.05) is 27.2 Å². The Labute approximate surface area is 156 Å². The van der Waals surface area contributed by atoms with Crippen LogP contribution in [0, 0.1) is 0 Å². The molecule has 144 valence electrons. The second kappa shape index (κ2) is 9.30. The standard InChI is InChI=1S/C19H29N3O3S/c1-15(16-8-5-4-6-9-16)21-26(24,25)18-11-7-10-17(14-18)19(23)20-12-13-22(2)3/h7-8,10-11,14-15,21H,4-6,9,12-13H2,1-3H3,(H,20,23). The Morgan fingerprint density at radius 2 is 2.04 bits per heavy atom. The van der Waals surface area contributed by atoms with Crippen molar-refractivity contribution in [1.82, 2.24) is 14.9 Å². The maximum absolute atomic E-state index is 12.7. The van der Waals surface area contributed by atoms with Gasteiger partial charge in [-0.1, -0.05) is 17.7 Å². The lowest BCUT2D eigenvalue weighted by atomic mass is 9.95. The third-order valence-corrected chi connectivity index (χ3v) is 6.00. The number of carbonyl (C=O) groups excluding carboxylic acids is 1. The minimum atomic E-state index is -3.68. The minimum Gasteiger partial charge on any atom is -0.351 e. The molecule has 0 bridgehead atoms. The molecule has 1 amide bonds. The lowest BCUT2D eigenvalue weighted by molar-refractivity contribution is 0.0951. The molecule has 0 saturated heterocycles. The first-order valence-corrected chi connectivity index (χ1v) is 10.5. The zero-order valence-electron chi connectivity index (χ0n) is 15.8. The maximum Gasteiger partial charge on any atom is 0.251 e. The molecule has 1 unspecified atom stereocenters. The van der Waals surface area contributed by atoms with Crippen molar-refractivity contribution >= 4 is 15.9 Å². The van der Waals surface area contributed by atoms with E-state index in [0.29, 0.717) is 12.1 Å². The topological polar surface area (TPSA) is 78.5 Å². The number of nitrogens with zero attached hydrogens (tertiary/aromatic N) is 1. The van der Waals surface area contributed by atoms with Crippen LogP contribution in [0.1, 0.15) is 43.0 Å². The fourth-order valence-electron chi connectivity index (χ4n) is 2.93. The van der Waals surface area contributed by atoms with Gasteiger partial charge in [-0.25, -0.2) is 13.1 Å². The van der Waals surface area contributed by atoms with E-state index in [1.807, 2.05) is 25.9 Å². The van der Waals surface area contributed by atoms with Crippen molar-refractivity contribution in [3.8, 4) is 0 Å². The van der Waals surface area contributed by atoms with E-state index >= 15 is 0 Å². The van der Waals surface area contributed by atoms with Crippen molar-refractivity contribution in [2.24, 2.45) is 0 Å². The van der Waals surface area contributed by atoms with Crippen molar-refractivity contribution < 1.29 is 13.2 Å². The highest BCUT2D eigenvalue weighted by molar-refractivity contribution is 7.89. The Balaban J connectivity index is 2.07. The average molecular weight is 380 g/mol. The third kappa shape index (κ3) is 5.93. The molecule has 1 aromatic carbocycles. The molecule has 0 aliphatic heterocycles. The highest BCUT2D eigenvalue weighted by Gasteiger charge is 2.21. The molecule has 1 aromatic rings. The van der Waals surface area contributed by atoms with Crippen LogP contribution in [0.25, 0.3) is 0 Å². The van der Waals surface area contributed by atoms with Crippen molar-refractivity contribution in [2.45, 2.75) is 43.5 Å². The van der Waals surface area contributed by atoms with E-state index in [9.17, 15) is 13.2 Å².